The summed E-state index contributed by atoms with van der Waals surface area (Å²) in [5.74, 6) is -0.296. The Labute approximate surface area is 155 Å². The Morgan fingerprint density at radius 3 is 2.35 bits per heavy atom. The largest absolute Gasteiger partial charge is 0.416 e. The highest BCUT2D eigenvalue weighted by molar-refractivity contribution is 6.30. The van der Waals surface area contributed by atoms with E-state index in [2.05, 4.69) is 4.98 Å². The molecule has 0 radical (unpaired) electrons. The van der Waals surface area contributed by atoms with E-state index in [4.69, 9.17) is 11.6 Å². The molecule has 1 nitrogen and oxygen atoms in total. The van der Waals surface area contributed by atoms with Crippen LogP contribution in [0.25, 0.3) is 0 Å². The summed E-state index contributed by atoms with van der Waals surface area (Å²) in [6.45, 7) is 1.67. The van der Waals surface area contributed by atoms with Gasteiger partial charge in [-0.3, -0.25) is 4.98 Å². The summed E-state index contributed by atoms with van der Waals surface area (Å²) in [6, 6.07) is 17.3. The third kappa shape index (κ3) is 4.44. The Hall–Kier alpha value is -2.33. The first kappa shape index (κ1) is 18.5. The zero-order chi connectivity index (χ0) is 18.7. The van der Waals surface area contributed by atoms with E-state index in [0.717, 1.165) is 5.56 Å². The van der Waals surface area contributed by atoms with Crippen LogP contribution < -0.4 is 0 Å². The van der Waals surface area contributed by atoms with Crippen molar-refractivity contribution in [3.05, 3.63) is 99.8 Å². The van der Waals surface area contributed by atoms with Gasteiger partial charge in [0.1, 0.15) is 0 Å². The maximum atomic E-state index is 13.3. The molecule has 2 aromatic carbocycles. The summed E-state index contributed by atoms with van der Waals surface area (Å²) in [6.07, 6.45) is -2.31. The van der Waals surface area contributed by atoms with Crippen LogP contribution in [-0.4, -0.2) is 4.98 Å². The Morgan fingerprint density at radius 1 is 1.00 bits per heavy atom. The van der Waals surface area contributed by atoms with Crippen molar-refractivity contribution in [1.29, 1.82) is 0 Å². The fraction of sp³-hybridized carbons (Fsp3) is 0.190. The second kappa shape index (κ2) is 7.50. The highest BCUT2D eigenvalue weighted by Gasteiger charge is 2.32. The summed E-state index contributed by atoms with van der Waals surface area (Å²) < 4.78 is 39.8. The van der Waals surface area contributed by atoms with Crippen LogP contribution >= 0.6 is 11.6 Å². The van der Waals surface area contributed by atoms with E-state index >= 15 is 0 Å². The first-order valence-corrected chi connectivity index (χ1v) is 8.55. The van der Waals surface area contributed by atoms with E-state index in [1.54, 1.807) is 25.1 Å². The molecule has 3 aromatic rings. The third-order valence-corrected chi connectivity index (χ3v) is 4.44. The smallest absolute Gasteiger partial charge is 0.259 e. The van der Waals surface area contributed by atoms with Gasteiger partial charge in [0.2, 0.25) is 0 Å². The fourth-order valence-corrected chi connectivity index (χ4v) is 3.13. The maximum absolute atomic E-state index is 13.3. The van der Waals surface area contributed by atoms with Gasteiger partial charge in [0.05, 0.1) is 10.6 Å². The summed E-state index contributed by atoms with van der Waals surface area (Å²) in [5, 5.41) is 0.493. The van der Waals surface area contributed by atoms with E-state index < -0.39 is 11.7 Å². The van der Waals surface area contributed by atoms with Gasteiger partial charge in [0, 0.05) is 17.8 Å². The Bertz CT molecular complexity index is 874. The molecule has 0 fully saturated rings. The van der Waals surface area contributed by atoms with Crippen molar-refractivity contribution in [3.8, 4) is 0 Å². The van der Waals surface area contributed by atoms with E-state index in [1.807, 2.05) is 30.3 Å². The lowest BCUT2D eigenvalue weighted by molar-refractivity contribution is -0.137. The third-order valence-electron chi connectivity index (χ3n) is 4.22. The molecule has 3 rings (SSSR count). The minimum Gasteiger partial charge on any atom is -0.259 e. The van der Waals surface area contributed by atoms with E-state index in [9.17, 15) is 13.2 Å². The lowest BCUT2D eigenvalue weighted by atomic mass is 9.87. The number of hydrogen-bond acceptors (Lipinski definition) is 1. The number of benzene rings is 2. The number of hydrogen-bond donors (Lipinski definition) is 0. The molecule has 0 bridgehead atoms. The summed E-state index contributed by atoms with van der Waals surface area (Å²) >= 11 is 5.92. The maximum Gasteiger partial charge on any atom is 0.416 e. The Morgan fingerprint density at radius 2 is 1.73 bits per heavy atom. The van der Waals surface area contributed by atoms with Crippen LogP contribution in [0.5, 0.6) is 0 Å². The lowest BCUT2D eigenvalue weighted by Gasteiger charge is -2.20. The van der Waals surface area contributed by atoms with Crippen molar-refractivity contribution in [2.24, 2.45) is 0 Å². The molecule has 1 heterocycles. The molecule has 0 saturated heterocycles. The fourth-order valence-electron chi connectivity index (χ4n) is 3.01. The SMILES string of the molecule is Cc1cc(C(Cc2ccccc2)c2ccc(Cl)cn2)cc(C(F)(F)F)c1. The first-order chi connectivity index (χ1) is 12.3. The number of alkyl halides is 3. The minimum absolute atomic E-state index is 0.296. The molecule has 1 atom stereocenters. The number of nitrogens with zero attached hydrogens (tertiary/aromatic N) is 1. The highest BCUT2D eigenvalue weighted by Crippen LogP contribution is 2.35. The van der Waals surface area contributed by atoms with Gasteiger partial charge in [-0.25, -0.2) is 0 Å². The molecule has 134 valence electrons. The van der Waals surface area contributed by atoms with Crippen LogP contribution in [0.1, 0.15) is 33.9 Å². The zero-order valence-corrected chi connectivity index (χ0v) is 14.9. The molecule has 26 heavy (non-hydrogen) atoms. The molecule has 0 aliphatic rings. The highest BCUT2D eigenvalue weighted by atomic mass is 35.5. The van der Waals surface area contributed by atoms with Crippen LogP contribution in [0.4, 0.5) is 13.2 Å². The zero-order valence-electron chi connectivity index (χ0n) is 14.1. The number of aromatic nitrogens is 1. The summed E-state index contributed by atoms with van der Waals surface area (Å²) in [7, 11) is 0. The van der Waals surface area contributed by atoms with Crippen molar-refractivity contribution in [1.82, 2.24) is 4.98 Å². The van der Waals surface area contributed by atoms with Gasteiger partial charge in [-0.1, -0.05) is 53.6 Å². The Balaban J connectivity index is 2.08. The molecule has 1 aromatic heterocycles. The van der Waals surface area contributed by atoms with Gasteiger partial charge in [-0.05, 0) is 48.7 Å². The van der Waals surface area contributed by atoms with Crippen LogP contribution in [0.15, 0.2) is 66.9 Å². The van der Waals surface area contributed by atoms with E-state index in [-0.39, 0.29) is 5.92 Å². The van der Waals surface area contributed by atoms with Gasteiger partial charge in [0.15, 0.2) is 0 Å². The van der Waals surface area contributed by atoms with Crippen molar-refractivity contribution in [2.45, 2.75) is 25.4 Å². The summed E-state index contributed by atoms with van der Waals surface area (Å²) in [4.78, 5) is 4.36. The van der Waals surface area contributed by atoms with Gasteiger partial charge in [-0.2, -0.15) is 13.2 Å². The van der Waals surface area contributed by atoms with Crippen LogP contribution in [-0.2, 0) is 12.6 Å². The van der Waals surface area contributed by atoms with Crippen LogP contribution in [0.3, 0.4) is 0 Å². The number of aryl methyl sites for hydroxylation is 1. The standard InChI is InChI=1S/C21H17ClF3N/c1-14-9-16(12-17(10-14)21(23,24)25)19(11-15-5-3-2-4-6-15)20-8-7-18(22)13-26-20/h2-10,12-13,19H,11H2,1H3. The van der Waals surface area contributed by atoms with Crippen LogP contribution in [0, 0.1) is 6.92 Å². The molecule has 0 spiro atoms. The molecule has 0 N–H and O–H groups in total. The van der Waals surface area contributed by atoms with Crippen molar-refractivity contribution in [2.75, 3.05) is 0 Å². The summed E-state index contributed by atoms with van der Waals surface area (Å²) in [5.41, 5.74) is 2.25. The Kier molecular flexibility index (Phi) is 5.33. The first-order valence-electron chi connectivity index (χ1n) is 8.17. The molecule has 1 unspecified atom stereocenters. The molecule has 0 amide bonds. The topological polar surface area (TPSA) is 12.9 Å². The van der Waals surface area contributed by atoms with Gasteiger partial charge < -0.3 is 0 Å². The number of rotatable bonds is 4. The predicted octanol–water partition coefficient (Wildman–Crippen LogP) is 6.44. The molecular weight excluding hydrogens is 359 g/mol. The monoisotopic (exact) mass is 375 g/mol. The van der Waals surface area contributed by atoms with Gasteiger partial charge >= 0.3 is 6.18 Å². The van der Waals surface area contributed by atoms with Crippen LogP contribution in [0.2, 0.25) is 5.02 Å². The molecule has 0 aliphatic carbocycles. The van der Waals surface area contributed by atoms with E-state index in [1.165, 1.54) is 18.3 Å². The second-order valence-corrected chi connectivity index (χ2v) is 6.71. The van der Waals surface area contributed by atoms with Crippen molar-refractivity contribution < 1.29 is 13.2 Å². The quantitative estimate of drug-likeness (QED) is 0.511. The molecular formula is C21H17ClF3N. The van der Waals surface area contributed by atoms with E-state index in [0.29, 0.717) is 28.3 Å². The normalized spacial score (nSPS) is 12.8. The molecule has 5 heteroatoms. The van der Waals surface area contributed by atoms with Gasteiger partial charge in [-0.15, -0.1) is 0 Å². The van der Waals surface area contributed by atoms with Crippen molar-refractivity contribution >= 4 is 11.6 Å². The lowest BCUT2D eigenvalue weighted by Crippen LogP contribution is -2.11. The number of halogens is 4. The van der Waals surface area contributed by atoms with Crippen molar-refractivity contribution in [3.63, 3.8) is 0 Å². The average Bonchev–Trinajstić information content (AvgIpc) is 2.60. The number of pyridine rings is 1. The minimum atomic E-state index is -4.38. The molecule has 0 aliphatic heterocycles. The predicted molar refractivity (Wildman–Crippen MR) is 97.4 cm³/mol. The average molecular weight is 376 g/mol. The van der Waals surface area contributed by atoms with Gasteiger partial charge in [0.25, 0.3) is 0 Å². The molecule has 0 saturated carbocycles. The second-order valence-electron chi connectivity index (χ2n) is 6.27.